The van der Waals surface area contributed by atoms with E-state index in [0.29, 0.717) is 30.1 Å². The van der Waals surface area contributed by atoms with E-state index in [-0.39, 0.29) is 5.91 Å². The first kappa shape index (κ1) is 13.6. The van der Waals surface area contributed by atoms with E-state index in [4.69, 9.17) is 4.42 Å². The van der Waals surface area contributed by atoms with Crippen LogP contribution in [0.5, 0.6) is 0 Å². The molecule has 21 heavy (non-hydrogen) atoms. The summed E-state index contributed by atoms with van der Waals surface area (Å²) >= 11 is 1.37. The van der Waals surface area contributed by atoms with Crippen molar-refractivity contribution in [2.45, 2.75) is 19.4 Å². The van der Waals surface area contributed by atoms with Crippen LogP contribution in [0.3, 0.4) is 0 Å². The number of nitrogens with zero attached hydrogens (tertiary/aromatic N) is 2. The van der Waals surface area contributed by atoms with Crippen molar-refractivity contribution in [2.24, 2.45) is 0 Å². The number of oxazole rings is 1. The lowest BCUT2D eigenvalue weighted by Crippen LogP contribution is -2.17. The van der Waals surface area contributed by atoms with E-state index in [1.54, 1.807) is 22.2 Å². The Bertz CT molecular complexity index is 804. The van der Waals surface area contributed by atoms with Crippen LogP contribution < -0.4 is 11.1 Å². The number of anilines is 1. The molecule has 2 aromatic heterocycles. The van der Waals surface area contributed by atoms with E-state index in [1.807, 2.05) is 18.2 Å². The van der Waals surface area contributed by atoms with Gasteiger partial charge < -0.3 is 9.73 Å². The molecule has 0 atom stereocenters. The molecule has 0 spiro atoms. The molecule has 0 aliphatic rings. The molecule has 0 unspecified atom stereocenters. The normalized spacial score (nSPS) is 10.9. The predicted molar refractivity (Wildman–Crippen MR) is 80.5 cm³/mol. The quantitative estimate of drug-likeness (QED) is 0.785. The second kappa shape index (κ2) is 5.92. The third-order valence-corrected chi connectivity index (χ3v) is 3.73. The molecule has 3 rings (SSSR count). The number of nitrogens with one attached hydrogen (secondary N) is 1. The Morgan fingerprint density at radius 1 is 1.38 bits per heavy atom. The molecule has 0 aliphatic carbocycles. The summed E-state index contributed by atoms with van der Waals surface area (Å²) < 4.78 is 6.69. The van der Waals surface area contributed by atoms with Crippen LogP contribution in [0.15, 0.2) is 45.1 Å². The van der Waals surface area contributed by atoms with E-state index in [2.05, 4.69) is 10.3 Å². The van der Waals surface area contributed by atoms with Crippen molar-refractivity contribution in [3.63, 3.8) is 0 Å². The van der Waals surface area contributed by atoms with Crippen LogP contribution in [0.2, 0.25) is 0 Å². The Morgan fingerprint density at radius 2 is 2.24 bits per heavy atom. The van der Waals surface area contributed by atoms with Gasteiger partial charge in [0.2, 0.25) is 5.91 Å². The maximum absolute atomic E-state index is 11.8. The Labute approximate surface area is 124 Å². The first-order valence-electron chi connectivity index (χ1n) is 6.52. The SMILES string of the molecule is O=C(CCCn1c(=O)oc2ccccc21)Nc1nccs1. The van der Waals surface area contributed by atoms with Gasteiger partial charge in [-0.3, -0.25) is 9.36 Å². The van der Waals surface area contributed by atoms with Crippen LogP contribution in [0.1, 0.15) is 12.8 Å². The van der Waals surface area contributed by atoms with Crippen molar-refractivity contribution in [3.05, 3.63) is 46.4 Å². The molecule has 0 saturated heterocycles. The van der Waals surface area contributed by atoms with Gasteiger partial charge in [-0.15, -0.1) is 11.3 Å². The van der Waals surface area contributed by atoms with Gasteiger partial charge in [-0.25, -0.2) is 9.78 Å². The van der Waals surface area contributed by atoms with Crippen LogP contribution in [0.25, 0.3) is 11.1 Å². The monoisotopic (exact) mass is 303 g/mol. The fraction of sp³-hybridized carbons (Fsp3) is 0.214. The van der Waals surface area contributed by atoms with Crippen molar-refractivity contribution in [1.29, 1.82) is 0 Å². The molecular weight excluding hydrogens is 290 g/mol. The predicted octanol–water partition coefficient (Wildman–Crippen LogP) is 2.47. The molecule has 1 aromatic carbocycles. The van der Waals surface area contributed by atoms with E-state index in [1.165, 1.54) is 11.3 Å². The van der Waals surface area contributed by atoms with Crippen LogP contribution in [-0.4, -0.2) is 15.5 Å². The van der Waals surface area contributed by atoms with Crippen LogP contribution in [-0.2, 0) is 11.3 Å². The van der Waals surface area contributed by atoms with Crippen LogP contribution in [0.4, 0.5) is 5.13 Å². The number of aromatic nitrogens is 2. The lowest BCUT2D eigenvalue weighted by molar-refractivity contribution is -0.116. The highest BCUT2D eigenvalue weighted by Crippen LogP contribution is 2.13. The summed E-state index contributed by atoms with van der Waals surface area (Å²) in [6, 6.07) is 7.25. The molecule has 0 fully saturated rings. The largest absolute Gasteiger partial charge is 0.419 e. The zero-order valence-corrected chi connectivity index (χ0v) is 11.9. The van der Waals surface area contributed by atoms with Gasteiger partial charge in [0, 0.05) is 24.5 Å². The summed E-state index contributed by atoms with van der Waals surface area (Å²) in [5.74, 6) is -0.498. The number of rotatable bonds is 5. The average molecular weight is 303 g/mol. The molecule has 1 N–H and O–H groups in total. The highest BCUT2D eigenvalue weighted by atomic mass is 32.1. The molecule has 0 aliphatic heterocycles. The van der Waals surface area contributed by atoms with E-state index >= 15 is 0 Å². The summed E-state index contributed by atoms with van der Waals surface area (Å²) in [6.45, 7) is 0.446. The zero-order valence-electron chi connectivity index (χ0n) is 11.1. The number of thiazole rings is 1. The summed E-state index contributed by atoms with van der Waals surface area (Å²) in [6.07, 6.45) is 2.52. The van der Waals surface area contributed by atoms with Crippen molar-refractivity contribution >= 4 is 33.5 Å². The molecular formula is C14H13N3O3S. The summed E-state index contributed by atoms with van der Waals surface area (Å²) in [5.41, 5.74) is 1.32. The summed E-state index contributed by atoms with van der Waals surface area (Å²) in [7, 11) is 0. The molecule has 3 aromatic rings. The lowest BCUT2D eigenvalue weighted by atomic mass is 10.3. The Balaban J connectivity index is 1.61. The minimum atomic E-state index is -0.392. The number of carbonyl (C=O) groups excluding carboxylic acids is 1. The molecule has 1 amide bonds. The number of benzene rings is 1. The van der Waals surface area contributed by atoms with Gasteiger partial charge in [0.1, 0.15) is 0 Å². The number of hydrogen-bond acceptors (Lipinski definition) is 5. The van der Waals surface area contributed by atoms with Crippen LogP contribution >= 0.6 is 11.3 Å². The topological polar surface area (TPSA) is 77.1 Å². The summed E-state index contributed by atoms with van der Waals surface area (Å²) in [5, 5.41) is 5.10. The highest BCUT2D eigenvalue weighted by molar-refractivity contribution is 7.13. The maximum atomic E-state index is 11.8. The van der Waals surface area contributed by atoms with E-state index in [9.17, 15) is 9.59 Å². The van der Waals surface area contributed by atoms with E-state index < -0.39 is 5.76 Å². The minimum Gasteiger partial charge on any atom is -0.408 e. The number of hydrogen-bond donors (Lipinski definition) is 1. The van der Waals surface area contributed by atoms with Gasteiger partial charge in [-0.2, -0.15) is 0 Å². The lowest BCUT2D eigenvalue weighted by Gasteiger charge is -2.03. The first-order valence-corrected chi connectivity index (χ1v) is 7.40. The Kier molecular flexibility index (Phi) is 3.83. The van der Waals surface area contributed by atoms with Crippen LogP contribution in [0, 0.1) is 0 Å². The highest BCUT2D eigenvalue weighted by Gasteiger charge is 2.09. The molecule has 6 nitrogen and oxygen atoms in total. The second-order valence-electron chi connectivity index (χ2n) is 4.48. The number of carbonyl (C=O) groups is 1. The average Bonchev–Trinajstić information content (AvgIpc) is 3.07. The van der Waals surface area contributed by atoms with Gasteiger partial charge in [0.25, 0.3) is 0 Å². The van der Waals surface area contributed by atoms with Gasteiger partial charge in [0.05, 0.1) is 5.52 Å². The molecule has 0 saturated carbocycles. The number of fused-ring (bicyclic) bond motifs is 1. The first-order chi connectivity index (χ1) is 10.2. The summed E-state index contributed by atoms with van der Waals surface area (Å²) in [4.78, 5) is 27.5. The van der Waals surface area contributed by atoms with Gasteiger partial charge in [-0.05, 0) is 18.6 Å². The van der Waals surface area contributed by atoms with Gasteiger partial charge in [-0.1, -0.05) is 12.1 Å². The number of aryl methyl sites for hydroxylation is 1. The minimum absolute atomic E-state index is 0.106. The fourth-order valence-corrected chi connectivity index (χ4v) is 2.64. The van der Waals surface area contributed by atoms with Gasteiger partial charge in [0.15, 0.2) is 10.7 Å². The second-order valence-corrected chi connectivity index (χ2v) is 5.37. The number of amides is 1. The Hall–Kier alpha value is -2.41. The third kappa shape index (κ3) is 3.03. The van der Waals surface area contributed by atoms with Crippen molar-refractivity contribution in [3.8, 4) is 0 Å². The molecule has 7 heteroatoms. The molecule has 2 heterocycles. The van der Waals surface area contributed by atoms with Crippen molar-refractivity contribution in [1.82, 2.24) is 9.55 Å². The third-order valence-electron chi connectivity index (χ3n) is 3.04. The number of para-hydroxylation sites is 2. The van der Waals surface area contributed by atoms with Gasteiger partial charge >= 0.3 is 5.76 Å². The van der Waals surface area contributed by atoms with Crippen molar-refractivity contribution < 1.29 is 9.21 Å². The standard InChI is InChI=1S/C14H13N3O3S/c18-12(16-13-15-7-9-21-13)6-3-8-17-10-4-1-2-5-11(10)20-14(17)19/h1-2,4-5,7,9H,3,6,8H2,(H,15,16,18). The smallest absolute Gasteiger partial charge is 0.408 e. The van der Waals surface area contributed by atoms with E-state index in [0.717, 1.165) is 5.52 Å². The Morgan fingerprint density at radius 3 is 3.05 bits per heavy atom. The van der Waals surface area contributed by atoms with Crippen molar-refractivity contribution in [2.75, 3.05) is 5.32 Å². The zero-order chi connectivity index (χ0) is 14.7. The maximum Gasteiger partial charge on any atom is 0.419 e. The molecule has 0 bridgehead atoms. The fourth-order valence-electron chi connectivity index (χ4n) is 2.09. The molecule has 108 valence electrons. The molecule has 0 radical (unpaired) electrons.